The first kappa shape index (κ1) is 25.8. The van der Waals surface area contributed by atoms with Crippen molar-refractivity contribution < 1.29 is 14.4 Å². The topological polar surface area (TPSA) is 99.3 Å². The van der Waals surface area contributed by atoms with Gasteiger partial charge in [-0.05, 0) is 62.7 Å². The number of halogens is 1. The van der Waals surface area contributed by atoms with Gasteiger partial charge in [-0.2, -0.15) is 0 Å². The van der Waals surface area contributed by atoms with Crippen molar-refractivity contribution >= 4 is 46.4 Å². The molecule has 0 aromatic heterocycles. The predicted molar refractivity (Wildman–Crippen MR) is 141 cm³/mol. The van der Waals surface area contributed by atoms with E-state index in [1.807, 2.05) is 39.0 Å². The average Bonchev–Trinajstić information content (AvgIpc) is 2.83. The second-order valence-corrected chi connectivity index (χ2v) is 9.06. The Hall–Kier alpha value is -3.84. The lowest BCUT2D eigenvalue weighted by atomic mass is 10.0. The van der Waals surface area contributed by atoms with Gasteiger partial charge in [0.05, 0.1) is 28.4 Å². The van der Waals surface area contributed by atoms with Gasteiger partial charge < -0.3 is 21.3 Å². The van der Waals surface area contributed by atoms with E-state index >= 15 is 0 Å². The number of rotatable bonds is 9. The lowest BCUT2D eigenvalue weighted by Crippen LogP contribution is -2.42. The van der Waals surface area contributed by atoms with Crippen molar-refractivity contribution in [1.29, 1.82) is 0 Å². The molecule has 0 fully saturated rings. The summed E-state index contributed by atoms with van der Waals surface area (Å²) in [7, 11) is 0. The molecule has 3 amide bonds. The third-order valence-electron chi connectivity index (χ3n) is 5.48. The van der Waals surface area contributed by atoms with E-state index in [9.17, 15) is 14.4 Å². The molecule has 8 heteroatoms. The second-order valence-electron chi connectivity index (χ2n) is 8.65. The Bertz CT molecular complexity index is 1210. The Labute approximate surface area is 210 Å². The van der Waals surface area contributed by atoms with Gasteiger partial charge >= 0.3 is 0 Å². The zero-order chi connectivity index (χ0) is 25.4. The first-order chi connectivity index (χ1) is 16.7. The highest BCUT2D eigenvalue weighted by atomic mass is 35.5. The van der Waals surface area contributed by atoms with Gasteiger partial charge in [0.25, 0.3) is 11.8 Å². The van der Waals surface area contributed by atoms with E-state index in [-0.39, 0.29) is 34.8 Å². The number of para-hydroxylation sites is 2. The van der Waals surface area contributed by atoms with Crippen LogP contribution in [0.1, 0.15) is 47.9 Å². The van der Waals surface area contributed by atoms with Gasteiger partial charge in [-0.3, -0.25) is 14.4 Å². The molecule has 3 rings (SSSR count). The summed E-state index contributed by atoms with van der Waals surface area (Å²) in [5.74, 6) is -0.920. The Kier molecular flexibility index (Phi) is 8.49. The van der Waals surface area contributed by atoms with Crippen LogP contribution < -0.4 is 21.3 Å². The highest BCUT2D eigenvalue weighted by Crippen LogP contribution is 2.22. The fourth-order valence-corrected chi connectivity index (χ4v) is 3.43. The highest BCUT2D eigenvalue weighted by Gasteiger charge is 2.20. The zero-order valence-corrected chi connectivity index (χ0v) is 20.7. The molecule has 3 aromatic carbocycles. The smallest absolute Gasteiger partial charge is 0.257 e. The van der Waals surface area contributed by atoms with Gasteiger partial charge in [0, 0.05) is 16.9 Å². The van der Waals surface area contributed by atoms with Gasteiger partial charge in [-0.15, -0.1) is 0 Å². The number of nitrogens with one attached hydrogen (secondary N) is 4. The van der Waals surface area contributed by atoms with E-state index in [0.29, 0.717) is 28.2 Å². The van der Waals surface area contributed by atoms with Crippen LogP contribution in [0.2, 0.25) is 5.02 Å². The highest BCUT2D eigenvalue weighted by molar-refractivity contribution is 6.34. The second kappa shape index (κ2) is 11.5. The maximum absolute atomic E-state index is 12.7. The quantitative estimate of drug-likeness (QED) is 0.314. The summed E-state index contributed by atoms with van der Waals surface area (Å²) in [5.41, 5.74) is 2.01. The van der Waals surface area contributed by atoms with Gasteiger partial charge in [0.15, 0.2) is 0 Å². The standard InChI is InChI=1S/C27H29ClN4O3/c1-4-27(2,3)32-26(35)20-15-14-19(16-22(20)28)29-17-24(33)31-23-13-9-8-12-21(23)25(34)30-18-10-6-5-7-11-18/h5-16,29H,4,17H2,1-3H3,(H,30,34)(H,31,33)(H,32,35). The minimum atomic E-state index is -0.344. The SMILES string of the molecule is CCC(C)(C)NC(=O)c1ccc(NCC(=O)Nc2ccccc2C(=O)Nc2ccccc2)cc1Cl. The van der Waals surface area contributed by atoms with Crippen molar-refractivity contribution in [1.82, 2.24) is 5.32 Å². The number of carbonyl (C=O) groups is 3. The van der Waals surface area contributed by atoms with Crippen molar-refractivity contribution in [2.75, 3.05) is 22.5 Å². The number of carbonyl (C=O) groups excluding carboxylic acids is 3. The van der Waals surface area contributed by atoms with Crippen LogP contribution in [0.15, 0.2) is 72.8 Å². The van der Waals surface area contributed by atoms with Gasteiger partial charge in [-0.25, -0.2) is 0 Å². The van der Waals surface area contributed by atoms with Crippen LogP contribution in [-0.4, -0.2) is 29.8 Å². The Morgan fingerprint density at radius 1 is 0.800 bits per heavy atom. The van der Waals surface area contributed by atoms with Gasteiger partial charge in [-0.1, -0.05) is 48.9 Å². The van der Waals surface area contributed by atoms with Crippen molar-refractivity contribution in [2.24, 2.45) is 0 Å². The molecule has 0 heterocycles. The molecular weight excluding hydrogens is 464 g/mol. The number of amides is 3. The summed E-state index contributed by atoms with van der Waals surface area (Å²) in [5, 5.41) is 11.8. The fraction of sp³-hybridized carbons (Fsp3) is 0.222. The molecule has 0 unspecified atom stereocenters. The van der Waals surface area contributed by atoms with Crippen molar-refractivity contribution in [3.8, 4) is 0 Å². The summed E-state index contributed by atoms with van der Waals surface area (Å²) < 4.78 is 0. The molecule has 3 aromatic rings. The van der Waals surface area contributed by atoms with Crippen LogP contribution in [0, 0.1) is 0 Å². The minimum absolute atomic E-state index is 0.0562. The number of hydrogen-bond acceptors (Lipinski definition) is 4. The Balaban J connectivity index is 1.60. The molecule has 0 aliphatic rings. The van der Waals surface area contributed by atoms with Crippen LogP contribution in [0.4, 0.5) is 17.1 Å². The molecule has 0 aliphatic carbocycles. The van der Waals surface area contributed by atoms with Crippen LogP contribution in [0.25, 0.3) is 0 Å². The van der Waals surface area contributed by atoms with Crippen LogP contribution in [0.3, 0.4) is 0 Å². The molecule has 0 saturated heterocycles. The molecule has 0 bridgehead atoms. The molecule has 0 aliphatic heterocycles. The number of hydrogen-bond donors (Lipinski definition) is 4. The first-order valence-corrected chi connectivity index (χ1v) is 11.7. The van der Waals surface area contributed by atoms with Crippen molar-refractivity contribution in [2.45, 2.75) is 32.7 Å². The Morgan fingerprint density at radius 2 is 1.49 bits per heavy atom. The van der Waals surface area contributed by atoms with E-state index in [4.69, 9.17) is 11.6 Å². The third kappa shape index (κ3) is 7.32. The van der Waals surface area contributed by atoms with Crippen LogP contribution in [-0.2, 0) is 4.79 Å². The first-order valence-electron chi connectivity index (χ1n) is 11.3. The summed E-state index contributed by atoms with van der Waals surface area (Å²) in [6.07, 6.45) is 0.780. The van der Waals surface area contributed by atoms with E-state index < -0.39 is 0 Å². The molecule has 0 radical (unpaired) electrons. The van der Waals surface area contributed by atoms with E-state index in [2.05, 4.69) is 21.3 Å². The molecule has 7 nitrogen and oxygen atoms in total. The maximum Gasteiger partial charge on any atom is 0.257 e. The largest absolute Gasteiger partial charge is 0.376 e. The number of benzene rings is 3. The monoisotopic (exact) mass is 492 g/mol. The lowest BCUT2D eigenvalue weighted by molar-refractivity contribution is -0.114. The molecule has 4 N–H and O–H groups in total. The molecule has 0 atom stereocenters. The maximum atomic E-state index is 12.7. The molecule has 182 valence electrons. The molecule has 0 saturated carbocycles. The zero-order valence-electron chi connectivity index (χ0n) is 19.9. The number of anilines is 3. The van der Waals surface area contributed by atoms with Crippen LogP contribution in [0.5, 0.6) is 0 Å². The molecule has 0 spiro atoms. The minimum Gasteiger partial charge on any atom is -0.376 e. The fourth-order valence-electron chi connectivity index (χ4n) is 3.16. The molecule has 35 heavy (non-hydrogen) atoms. The van der Waals surface area contributed by atoms with Crippen molar-refractivity contribution in [3.05, 3.63) is 88.9 Å². The van der Waals surface area contributed by atoms with Crippen LogP contribution >= 0.6 is 11.6 Å². The van der Waals surface area contributed by atoms with E-state index in [1.165, 1.54) is 0 Å². The van der Waals surface area contributed by atoms with Gasteiger partial charge in [0.2, 0.25) is 5.91 Å². The summed E-state index contributed by atoms with van der Waals surface area (Å²) in [6, 6.07) is 20.8. The predicted octanol–water partition coefficient (Wildman–Crippen LogP) is 5.56. The van der Waals surface area contributed by atoms with E-state index in [1.54, 1.807) is 54.6 Å². The molecular formula is C27H29ClN4O3. The lowest BCUT2D eigenvalue weighted by Gasteiger charge is -2.24. The normalized spacial score (nSPS) is 10.9. The summed E-state index contributed by atoms with van der Waals surface area (Å²) in [4.78, 5) is 37.8. The average molecular weight is 493 g/mol. The van der Waals surface area contributed by atoms with Gasteiger partial charge in [0.1, 0.15) is 0 Å². The van der Waals surface area contributed by atoms with E-state index in [0.717, 1.165) is 6.42 Å². The summed E-state index contributed by atoms with van der Waals surface area (Å²) in [6.45, 7) is 5.82. The third-order valence-corrected chi connectivity index (χ3v) is 5.79. The summed E-state index contributed by atoms with van der Waals surface area (Å²) >= 11 is 6.32. The van der Waals surface area contributed by atoms with Crippen molar-refractivity contribution in [3.63, 3.8) is 0 Å². The Morgan fingerprint density at radius 3 is 2.17 bits per heavy atom.